The van der Waals surface area contributed by atoms with Crippen molar-refractivity contribution in [3.8, 4) is 0 Å². The Kier molecular flexibility index (Phi) is 12.9. The Labute approximate surface area is 220 Å². The minimum absolute atomic E-state index is 0.0225. The summed E-state index contributed by atoms with van der Waals surface area (Å²) in [5.41, 5.74) is 0.0339. The van der Waals surface area contributed by atoms with Gasteiger partial charge in [0.05, 0.1) is 13.7 Å². The third kappa shape index (κ3) is 14.7. The van der Waals surface area contributed by atoms with Gasteiger partial charge in [0.2, 0.25) is 0 Å². The van der Waals surface area contributed by atoms with Crippen molar-refractivity contribution in [1.82, 2.24) is 10.6 Å². The Morgan fingerprint density at radius 2 is 1.59 bits per heavy atom. The minimum Gasteiger partial charge on any atom is -0.467 e. The van der Waals surface area contributed by atoms with Gasteiger partial charge < -0.3 is 29.6 Å². The van der Waals surface area contributed by atoms with Crippen molar-refractivity contribution in [3.63, 3.8) is 0 Å². The first kappa shape index (κ1) is 31.7. The molecule has 37 heavy (non-hydrogen) atoms. The second-order valence-electron chi connectivity index (χ2n) is 10.5. The molecule has 0 saturated heterocycles. The first-order valence-corrected chi connectivity index (χ1v) is 15.8. The van der Waals surface area contributed by atoms with E-state index < -0.39 is 49.9 Å². The second kappa shape index (κ2) is 15.0. The third-order valence-electron chi connectivity index (χ3n) is 4.71. The lowest BCUT2D eigenvalue weighted by Crippen LogP contribution is -2.44. The number of hydrogen-bond acceptors (Lipinski definition) is 8. The van der Waals surface area contributed by atoms with Crippen LogP contribution in [0.5, 0.6) is 0 Å². The van der Waals surface area contributed by atoms with Crippen LogP contribution in [0, 0.1) is 0 Å². The van der Waals surface area contributed by atoms with Crippen molar-refractivity contribution in [1.29, 1.82) is 0 Å². The van der Waals surface area contributed by atoms with Gasteiger partial charge in [-0.05, 0) is 38.8 Å². The van der Waals surface area contributed by atoms with Crippen molar-refractivity contribution >= 4 is 32.2 Å². The molecule has 0 unspecified atom stereocenters. The summed E-state index contributed by atoms with van der Waals surface area (Å²) in [5, 5.41) is 4.93. The molecule has 2 amide bonds. The predicted octanol–water partition coefficient (Wildman–Crippen LogP) is 4.18. The van der Waals surface area contributed by atoms with Crippen molar-refractivity contribution in [2.45, 2.75) is 77.2 Å². The van der Waals surface area contributed by atoms with Crippen LogP contribution < -0.4 is 10.6 Å². The van der Waals surface area contributed by atoms with Gasteiger partial charge in [0, 0.05) is 8.07 Å². The van der Waals surface area contributed by atoms with E-state index in [9.17, 15) is 19.2 Å². The van der Waals surface area contributed by atoms with Gasteiger partial charge in [0.1, 0.15) is 24.3 Å². The van der Waals surface area contributed by atoms with Gasteiger partial charge in [-0.1, -0.05) is 62.1 Å². The number of alkyl carbamates (subject to hydrolysis) is 2. The number of carbonyl (C=O) groups is 4. The monoisotopic (exact) mass is 536 g/mol. The van der Waals surface area contributed by atoms with Crippen LogP contribution in [0.1, 0.15) is 32.8 Å². The van der Waals surface area contributed by atoms with Gasteiger partial charge in [-0.2, -0.15) is 0 Å². The molecule has 0 aromatic heterocycles. The molecule has 0 bridgehead atoms. The Hall–Kier alpha value is -3.34. The van der Waals surface area contributed by atoms with Crippen LogP contribution in [0.2, 0.25) is 25.7 Å². The van der Waals surface area contributed by atoms with Gasteiger partial charge in [-0.3, -0.25) is 0 Å². The zero-order valence-corrected chi connectivity index (χ0v) is 23.8. The molecule has 206 valence electrons. The van der Waals surface area contributed by atoms with Crippen molar-refractivity contribution in [2.75, 3.05) is 13.7 Å². The van der Waals surface area contributed by atoms with Gasteiger partial charge in [-0.25, -0.2) is 19.2 Å². The number of benzene rings is 1. The quantitative estimate of drug-likeness (QED) is 0.176. The summed E-state index contributed by atoms with van der Waals surface area (Å²) >= 11 is 0. The molecule has 2 N–H and O–H groups in total. The van der Waals surface area contributed by atoms with E-state index in [0.29, 0.717) is 0 Å². The average molecular weight is 537 g/mol. The van der Waals surface area contributed by atoms with Crippen LogP contribution in [0.15, 0.2) is 42.5 Å². The highest BCUT2D eigenvalue weighted by molar-refractivity contribution is 6.76. The molecular formula is C26H40N2O8Si. The second-order valence-corrected chi connectivity index (χ2v) is 16.2. The lowest BCUT2D eigenvalue weighted by Gasteiger charge is -2.22. The lowest BCUT2D eigenvalue weighted by molar-refractivity contribution is -0.144. The van der Waals surface area contributed by atoms with E-state index >= 15 is 0 Å². The highest BCUT2D eigenvalue weighted by Gasteiger charge is 2.25. The number of rotatable bonds is 12. The van der Waals surface area contributed by atoms with Crippen LogP contribution in [0.3, 0.4) is 0 Å². The van der Waals surface area contributed by atoms with E-state index in [1.807, 2.05) is 18.2 Å². The van der Waals surface area contributed by atoms with Gasteiger partial charge in [-0.15, -0.1) is 0 Å². The molecule has 0 aliphatic rings. The average Bonchev–Trinajstić information content (AvgIpc) is 2.79. The van der Waals surface area contributed by atoms with Crippen molar-refractivity contribution < 1.29 is 38.1 Å². The summed E-state index contributed by atoms with van der Waals surface area (Å²) in [4.78, 5) is 49.4. The molecule has 10 nitrogen and oxygen atoms in total. The zero-order valence-electron chi connectivity index (χ0n) is 22.8. The number of amides is 2. The number of nitrogens with one attached hydrogen (secondary N) is 2. The minimum atomic E-state index is -1.44. The van der Waals surface area contributed by atoms with E-state index in [2.05, 4.69) is 30.3 Å². The first-order chi connectivity index (χ1) is 17.2. The molecule has 2 atom stereocenters. The molecule has 0 aliphatic carbocycles. The SMILES string of the molecule is COC(=O)[C@H](C/C=C/[C@H](NC(=O)OCc1ccccc1)C(=O)OCC[Si](C)(C)C)NC(=O)OC(C)(C)C. The normalized spacial score (nSPS) is 13.3. The molecule has 1 rings (SSSR count). The maximum Gasteiger partial charge on any atom is 0.408 e. The van der Waals surface area contributed by atoms with E-state index in [4.69, 9.17) is 18.9 Å². The Balaban J connectivity index is 2.88. The van der Waals surface area contributed by atoms with Gasteiger partial charge >= 0.3 is 24.1 Å². The lowest BCUT2D eigenvalue weighted by atomic mass is 10.1. The molecule has 1 aromatic rings. The third-order valence-corrected chi connectivity index (χ3v) is 6.42. The fourth-order valence-corrected chi connectivity index (χ4v) is 3.50. The number of carbonyl (C=O) groups excluding carboxylic acids is 4. The van der Waals surface area contributed by atoms with Crippen LogP contribution in [-0.4, -0.2) is 63.6 Å². The molecule has 0 saturated carbocycles. The highest BCUT2D eigenvalue weighted by atomic mass is 28.3. The van der Waals surface area contributed by atoms with Crippen LogP contribution in [-0.2, 0) is 35.1 Å². The largest absolute Gasteiger partial charge is 0.467 e. The number of esters is 2. The molecule has 1 aromatic carbocycles. The van der Waals surface area contributed by atoms with Gasteiger partial charge in [0.15, 0.2) is 0 Å². The van der Waals surface area contributed by atoms with Crippen molar-refractivity contribution in [3.05, 3.63) is 48.0 Å². The summed E-state index contributed by atoms with van der Waals surface area (Å²) in [5.74, 6) is -1.36. The summed E-state index contributed by atoms with van der Waals surface area (Å²) in [6, 6.07) is 7.63. The Morgan fingerprint density at radius 1 is 0.946 bits per heavy atom. The number of ether oxygens (including phenoxy) is 4. The van der Waals surface area contributed by atoms with E-state index in [1.54, 1.807) is 32.9 Å². The first-order valence-electron chi connectivity index (χ1n) is 12.1. The summed E-state index contributed by atoms with van der Waals surface area (Å²) < 4.78 is 20.5. The summed E-state index contributed by atoms with van der Waals surface area (Å²) in [6.07, 6.45) is 1.23. The molecule has 0 aliphatic heterocycles. The van der Waals surface area contributed by atoms with Crippen LogP contribution >= 0.6 is 0 Å². The molecular weight excluding hydrogens is 496 g/mol. The fourth-order valence-electron chi connectivity index (χ4n) is 2.78. The number of hydrogen-bond donors (Lipinski definition) is 2. The molecule has 0 heterocycles. The van der Waals surface area contributed by atoms with Crippen LogP contribution in [0.25, 0.3) is 0 Å². The zero-order chi connectivity index (χ0) is 28.1. The molecule has 11 heteroatoms. The molecule has 0 radical (unpaired) electrons. The van der Waals surface area contributed by atoms with Gasteiger partial charge in [0.25, 0.3) is 0 Å². The topological polar surface area (TPSA) is 129 Å². The maximum absolute atomic E-state index is 12.7. The smallest absolute Gasteiger partial charge is 0.408 e. The standard InChI is InChI=1S/C26H40N2O8Si/c1-26(2,3)36-25(32)28-20(22(29)33-4)14-11-15-21(23(30)34-16-17-37(5,6)7)27-24(31)35-18-19-12-9-8-10-13-19/h8-13,15,20-21H,14,16-18H2,1-7H3,(H,27,31)(H,28,32)/b15-11+/t20-,21-/m0/s1. The fraction of sp³-hybridized carbons (Fsp3) is 0.538. The molecule has 0 fully saturated rings. The Bertz CT molecular complexity index is 923. The van der Waals surface area contributed by atoms with Crippen LogP contribution in [0.4, 0.5) is 9.59 Å². The number of methoxy groups -OCH3 is 1. The predicted molar refractivity (Wildman–Crippen MR) is 142 cm³/mol. The van der Waals surface area contributed by atoms with E-state index in [1.165, 1.54) is 19.3 Å². The van der Waals surface area contributed by atoms with E-state index in [0.717, 1.165) is 11.6 Å². The summed E-state index contributed by atoms with van der Waals surface area (Å²) in [6.45, 7) is 11.8. The maximum atomic E-state index is 12.7. The van der Waals surface area contributed by atoms with E-state index in [-0.39, 0.29) is 19.6 Å². The van der Waals surface area contributed by atoms with Crippen molar-refractivity contribution in [2.24, 2.45) is 0 Å². The highest BCUT2D eigenvalue weighted by Crippen LogP contribution is 2.10. The summed E-state index contributed by atoms with van der Waals surface area (Å²) in [7, 11) is -0.249. The Morgan fingerprint density at radius 3 is 2.16 bits per heavy atom. The molecule has 0 spiro atoms.